The summed E-state index contributed by atoms with van der Waals surface area (Å²) in [5.41, 5.74) is 1.89. The van der Waals surface area contributed by atoms with Crippen LogP contribution in [0.5, 0.6) is 0 Å². The van der Waals surface area contributed by atoms with Crippen LogP contribution in [0.4, 0.5) is 11.4 Å². The highest BCUT2D eigenvalue weighted by molar-refractivity contribution is 6.10. The molecule has 3 aromatic carbocycles. The van der Waals surface area contributed by atoms with E-state index in [1.54, 1.807) is 24.3 Å². The highest BCUT2D eigenvalue weighted by Crippen LogP contribution is 2.23. The summed E-state index contributed by atoms with van der Waals surface area (Å²) in [5, 5.41) is 16.8. The van der Waals surface area contributed by atoms with Crippen molar-refractivity contribution in [3.63, 3.8) is 0 Å². The minimum Gasteiger partial charge on any atom is -0.345 e. The molecular weight excluding hydrogens is 382 g/mol. The number of hydrogen-bond acceptors (Lipinski definition) is 4. The Morgan fingerprint density at radius 2 is 1.50 bits per heavy atom. The second kappa shape index (κ2) is 9.00. The Labute approximate surface area is 173 Å². The van der Waals surface area contributed by atoms with Gasteiger partial charge in [0.05, 0.1) is 22.2 Å². The highest BCUT2D eigenvalue weighted by Gasteiger charge is 2.20. The van der Waals surface area contributed by atoms with Crippen LogP contribution < -0.4 is 10.6 Å². The van der Waals surface area contributed by atoms with Crippen molar-refractivity contribution in [1.82, 2.24) is 5.32 Å². The summed E-state index contributed by atoms with van der Waals surface area (Å²) in [6, 6.07) is 20.3. The Morgan fingerprint density at radius 1 is 0.867 bits per heavy atom. The van der Waals surface area contributed by atoms with Crippen LogP contribution in [0.15, 0.2) is 72.8 Å². The predicted molar refractivity (Wildman–Crippen MR) is 115 cm³/mol. The van der Waals surface area contributed by atoms with Crippen LogP contribution in [0.2, 0.25) is 0 Å². The van der Waals surface area contributed by atoms with E-state index in [0.29, 0.717) is 11.3 Å². The van der Waals surface area contributed by atoms with Gasteiger partial charge < -0.3 is 10.6 Å². The van der Waals surface area contributed by atoms with Crippen molar-refractivity contribution in [2.24, 2.45) is 0 Å². The summed E-state index contributed by atoms with van der Waals surface area (Å²) < 4.78 is 0. The normalized spacial score (nSPS) is 11.4. The van der Waals surface area contributed by atoms with Crippen molar-refractivity contribution >= 4 is 23.2 Å². The van der Waals surface area contributed by atoms with E-state index >= 15 is 0 Å². The number of nitro benzene ring substituents is 1. The summed E-state index contributed by atoms with van der Waals surface area (Å²) >= 11 is 0. The van der Waals surface area contributed by atoms with Crippen LogP contribution in [0.3, 0.4) is 0 Å². The van der Waals surface area contributed by atoms with E-state index in [2.05, 4.69) is 10.6 Å². The quantitative estimate of drug-likeness (QED) is 0.462. The third-order valence-corrected chi connectivity index (χ3v) is 4.81. The Kier molecular flexibility index (Phi) is 6.22. The third kappa shape index (κ3) is 4.52. The molecule has 0 aromatic heterocycles. The van der Waals surface area contributed by atoms with E-state index in [0.717, 1.165) is 5.56 Å². The largest absolute Gasteiger partial charge is 0.345 e. The number of para-hydroxylation sites is 1. The van der Waals surface area contributed by atoms with Gasteiger partial charge in [0, 0.05) is 17.2 Å². The zero-order valence-corrected chi connectivity index (χ0v) is 16.6. The Hall–Kier alpha value is -4.00. The fourth-order valence-electron chi connectivity index (χ4n) is 3.15. The number of hydrogen-bond donors (Lipinski definition) is 2. The van der Waals surface area contributed by atoms with Gasteiger partial charge in [-0.2, -0.15) is 0 Å². The van der Waals surface area contributed by atoms with Gasteiger partial charge in [-0.15, -0.1) is 0 Å². The van der Waals surface area contributed by atoms with Crippen molar-refractivity contribution in [3.05, 3.63) is 105 Å². The summed E-state index contributed by atoms with van der Waals surface area (Å²) in [6.07, 6.45) is 0. The molecule has 0 spiro atoms. The van der Waals surface area contributed by atoms with Crippen molar-refractivity contribution in [3.8, 4) is 0 Å². The number of carbonyl (C=O) groups excluding carboxylic acids is 2. The maximum Gasteiger partial charge on any atom is 0.273 e. The van der Waals surface area contributed by atoms with Gasteiger partial charge in [0.2, 0.25) is 0 Å². The summed E-state index contributed by atoms with van der Waals surface area (Å²) in [5.74, 6) is -0.856. The maximum atomic E-state index is 12.8. The maximum absolute atomic E-state index is 12.8. The number of benzene rings is 3. The van der Waals surface area contributed by atoms with Gasteiger partial charge in [-0.25, -0.2) is 0 Å². The van der Waals surface area contributed by atoms with E-state index in [-0.39, 0.29) is 28.8 Å². The molecule has 0 aliphatic rings. The number of nitrogens with one attached hydrogen (secondary N) is 2. The zero-order valence-electron chi connectivity index (χ0n) is 16.6. The van der Waals surface area contributed by atoms with Gasteiger partial charge in [-0.05, 0) is 37.6 Å². The van der Waals surface area contributed by atoms with Gasteiger partial charge >= 0.3 is 0 Å². The number of anilines is 1. The third-order valence-electron chi connectivity index (χ3n) is 4.81. The lowest BCUT2D eigenvalue weighted by Gasteiger charge is -2.16. The molecule has 0 radical (unpaired) electrons. The van der Waals surface area contributed by atoms with Gasteiger partial charge in [-0.1, -0.05) is 48.5 Å². The topological polar surface area (TPSA) is 101 Å². The number of nitro groups is 1. The lowest BCUT2D eigenvalue weighted by atomic mass is 10.1. The Balaban J connectivity index is 1.82. The van der Waals surface area contributed by atoms with E-state index < -0.39 is 10.8 Å². The first-order valence-corrected chi connectivity index (χ1v) is 9.38. The molecule has 0 fully saturated rings. The minimum atomic E-state index is -0.529. The zero-order chi connectivity index (χ0) is 21.7. The fourth-order valence-corrected chi connectivity index (χ4v) is 3.15. The van der Waals surface area contributed by atoms with Crippen LogP contribution in [-0.4, -0.2) is 16.7 Å². The second-order valence-corrected chi connectivity index (χ2v) is 6.81. The standard InChI is InChI=1S/C23H21N3O4/c1-15-18(12-8-14-21(15)26(29)30)22(27)25-20-13-7-6-11-19(20)23(28)24-16(2)17-9-4-3-5-10-17/h3-14,16H,1-2H3,(H,24,28)(H,25,27)/t16-/m0/s1. The first kappa shape index (κ1) is 20.7. The van der Waals surface area contributed by atoms with Crippen molar-refractivity contribution in [2.45, 2.75) is 19.9 Å². The van der Waals surface area contributed by atoms with Gasteiger partial charge in [0.25, 0.3) is 17.5 Å². The smallest absolute Gasteiger partial charge is 0.273 e. The van der Waals surface area contributed by atoms with Crippen molar-refractivity contribution in [2.75, 3.05) is 5.32 Å². The van der Waals surface area contributed by atoms with Crippen LogP contribution in [0.25, 0.3) is 0 Å². The molecule has 7 heteroatoms. The van der Waals surface area contributed by atoms with Crippen molar-refractivity contribution < 1.29 is 14.5 Å². The second-order valence-electron chi connectivity index (χ2n) is 6.81. The van der Waals surface area contributed by atoms with E-state index in [9.17, 15) is 19.7 Å². The molecular formula is C23H21N3O4. The molecule has 0 saturated heterocycles. The lowest BCUT2D eigenvalue weighted by molar-refractivity contribution is -0.385. The molecule has 0 aliphatic heterocycles. The van der Waals surface area contributed by atoms with Crippen LogP contribution in [0.1, 0.15) is 44.8 Å². The predicted octanol–water partition coefficient (Wildman–Crippen LogP) is 4.65. The number of carbonyl (C=O) groups is 2. The van der Waals surface area contributed by atoms with Gasteiger partial charge in [0.15, 0.2) is 0 Å². The van der Waals surface area contributed by atoms with Gasteiger partial charge in [-0.3, -0.25) is 19.7 Å². The number of nitrogens with zero attached hydrogens (tertiary/aromatic N) is 1. The van der Waals surface area contributed by atoms with E-state index in [1.807, 2.05) is 37.3 Å². The molecule has 1 atom stereocenters. The Bertz CT molecular complexity index is 1100. The molecule has 0 unspecified atom stereocenters. The molecule has 3 aromatic rings. The molecule has 2 amide bonds. The SMILES string of the molecule is Cc1c(C(=O)Nc2ccccc2C(=O)N[C@@H](C)c2ccccc2)cccc1[N+](=O)[O-]. The Morgan fingerprint density at radius 3 is 2.20 bits per heavy atom. The molecule has 0 bridgehead atoms. The molecule has 0 saturated carbocycles. The molecule has 7 nitrogen and oxygen atoms in total. The molecule has 3 rings (SSSR count). The van der Waals surface area contributed by atoms with Crippen molar-refractivity contribution in [1.29, 1.82) is 0 Å². The lowest BCUT2D eigenvalue weighted by Crippen LogP contribution is -2.28. The monoisotopic (exact) mass is 403 g/mol. The average Bonchev–Trinajstić information content (AvgIpc) is 2.74. The first-order valence-electron chi connectivity index (χ1n) is 9.38. The molecule has 0 heterocycles. The molecule has 2 N–H and O–H groups in total. The molecule has 152 valence electrons. The van der Waals surface area contributed by atoms with Gasteiger partial charge in [0.1, 0.15) is 0 Å². The number of rotatable bonds is 6. The summed E-state index contributed by atoms with van der Waals surface area (Å²) in [7, 11) is 0. The van der Waals surface area contributed by atoms with E-state index in [1.165, 1.54) is 25.1 Å². The fraction of sp³-hybridized carbons (Fsp3) is 0.130. The van der Waals surface area contributed by atoms with Crippen LogP contribution in [0, 0.1) is 17.0 Å². The van der Waals surface area contributed by atoms with Crippen LogP contribution in [-0.2, 0) is 0 Å². The summed E-state index contributed by atoms with van der Waals surface area (Å²) in [4.78, 5) is 36.2. The number of amides is 2. The first-order chi connectivity index (χ1) is 14.4. The average molecular weight is 403 g/mol. The highest BCUT2D eigenvalue weighted by atomic mass is 16.6. The summed E-state index contributed by atoms with van der Waals surface area (Å²) in [6.45, 7) is 3.40. The molecule has 0 aliphatic carbocycles. The minimum absolute atomic E-state index is 0.134. The van der Waals surface area contributed by atoms with E-state index in [4.69, 9.17) is 0 Å². The van der Waals surface area contributed by atoms with Crippen LogP contribution >= 0.6 is 0 Å². The molecule has 30 heavy (non-hydrogen) atoms.